The summed E-state index contributed by atoms with van der Waals surface area (Å²) in [6.45, 7) is 4.00. The van der Waals surface area contributed by atoms with Crippen LogP contribution in [0, 0.1) is 0 Å². The summed E-state index contributed by atoms with van der Waals surface area (Å²) in [7, 11) is 0. The SMILES string of the molecule is O=C(O)COc1ccccc1C1CCN(CCC(C(=O)N2CCCC2)(c2ccccc2)c2ccccc2)CC1. The number of para-hydroxylation sites is 1. The van der Waals surface area contributed by atoms with Crippen LogP contribution < -0.4 is 4.74 Å². The smallest absolute Gasteiger partial charge is 0.341 e. The lowest BCUT2D eigenvalue weighted by Crippen LogP contribution is -2.49. The number of carboxylic acid groups (broad SMARTS) is 1. The Bertz CT molecular complexity index is 1190. The van der Waals surface area contributed by atoms with E-state index in [9.17, 15) is 9.59 Å². The molecule has 2 heterocycles. The van der Waals surface area contributed by atoms with E-state index < -0.39 is 11.4 Å². The predicted molar refractivity (Wildman–Crippen MR) is 152 cm³/mol. The monoisotopic (exact) mass is 526 g/mol. The zero-order chi connectivity index (χ0) is 27.1. The van der Waals surface area contributed by atoms with Crippen molar-refractivity contribution in [1.29, 1.82) is 0 Å². The number of ether oxygens (including phenoxy) is 1. The molecule has 0 radical (unpaired) electrons. The Kier molecular flexibility index (Phi) is 8.62. The maximum Gasteiger partial charge on any atom is 0.341 e. The Labute approximate surface area is 231 Å². The number of carbonyl (C=O) groups excluding carboxylic acids is 1. The van der Waals surface area contributed by atoms with Crippen LogP contribution in [-0.4, -0.2) is 66.1 Å². The van der Waals surface area contributed by atoms with Gasteiger partial charge < -0.3 is 19.6 Å². The zero-order valence-electron chi connectivity index (χ0n) is 22.5. The molecule has 0 unspecified atom stereocenters. The second kappa shape index (κ2) is 12.5. The van der Waals surface area contributed by atoms with Gasteiger partial charge in [-0.2, -0.15) is 0 Å². The molecule has 3 aromatic rings. The average molecular weight is 527 g/mol. The van der Waals surface area contributed by atoms with Gasteiger partial charge in [0.05, 0.1) is 0 Å². The molecular formula is C33H38N2O4. The summed E-state index contributed by atoms with van der Waals surface area (Å²) in [6.07, 6.45) is 4.79. The summed E-state index contributed by atoms with van der Waals surface area (Å²) >= 11 is 0. The second-order valence-electron chi connectivity index (χ2n) is 10.7. The van der Waals surface area contributed by atoms with Crippen molar-refractivity contribution in [3.05, 3.63) is 102 Å². The van der Waals surface area contributed by atoms with Crippen LogP contribution in [-0.2, 0) is 15.0 Å². The minimum atomic E-state index is -0.969. The molecule has 0 saturated carbocycles. The minimum Gasteiger partial charge on any atom is -0.482 e. The number of rotatable bonds is 10. The van der Waals surface area contributed by atoms with Gasteiger partial charge in [0.1, 0.15) is 11.2 Å². The van der Waals surface area contributed by atoms with Gasteiger partial charge in [-0.1, -0.05) is 78.9 Å². The van der Waals surface area contributed by atoms with E-state index in [4.69, 9.17) is 9.84 Å². The Morgan fingerprint density at radius 1 is 0.795 bits per heavy atom. The molecule has 2 fully saturated rings. The molecule has 0 aliphatic carbocycles. The fourth-order valence-electron chi connectivity index (χ4n) is 6.33. The topological polar surface area (TPSA) is 70.1 Å². The molecule has 5 rings (SSSR count). The predicted octanol–water partition coefficient (Wildman–Crippen LogP) is 5.33. The summed E-state index contributed by atoms with van der Waals surface area (Å²) in [5, 5.41) is 9.05. The second-order valence-corrected chi connectivity index (χ2v) is 10.7. The van der Waals surface area contributed by atoms with Crippen molar-refractivity contribution in [2.75, 3.05) is 39.3 Å². The lowest BCUT2D eigenvalue weighted by molar-refractivity contribution is -0.139. The molecule has 2 aliphatic rings. The molecule has 1 amide bonds. The van der Waals surface area contributed by atoms with Crippen molar-refractivity contribution in [3.63, 3.8) is 0 Å². The van der Waals surface area contributed by atoms with Crippen LogP contribution in [0.25, 0.3) is 0 Å². The van der Waals surface area contributed by atoms with Gasteiger partial charge in [-0.05, 0) is 80.4 Å². The highest BCUT2D eigenvalue weighted by atomic mass is 16.5. The van der Waals surface area contributed by atoms with E-state index in [0.29, 0.717) is 11.7 Å². The Balaban J connectivity index is 1.35. The van der Waals surface area contributed by atoms with E-state index in [2.05, 4.69) is 40.1 Å². The number of carbonyl (C=O) groups is 2. The molecule has 0 aromatic heterocycles. The van der Waals surface area contributed by atoms with Crippen LogP contribution in [0.1, 0.15) is 54.7 Å². The third-order valence-corrected chi connectivity index (χ3v) is 8.39. The minimum absolute atomic E-state index is 0.219. The number of piperidine rings is 1. The highest BCUT2D eigenvalue weighted by Crippen LogP contribution is 2.40. The number of hydrogen-bond donors (Lipinski definition) is 1. The third-order valence-electron chi connectivity index (χ3n) is 8.39. The van der Waals surface area contributed by atoms with Crippen molar-refractivity contribution in [3.8, 4) is 5.75 Å². The number of likely N-dealkylation sites (tertiary alicyclic amines) is 2. The molecule has 6 heteroatoms. The summed E-state index contributed by atoms with van der Waals surface area (Å²) in [4.78, 5) is 30.0. The fourth-order valence-corrected chi connectivity index (χ4v) is 6.33. The standard InChI is InChI=1S/C33H38N2O4/c36-31(37)25-39-30-16-8-7-15-29(30)26-17-22-34(23-18-26)24-19-33(27-11-3-1-4-12-27,28-13-5-2-6-14-28)32(38)35-20-9-10-21-35/h1-8,11-16,26H,9-10,17-25H2,(H,36,37). The first kappa shape index (κ1) is 26.9. The summed E-state index contributed by atoms with van der Waals surface area (Å²) < 4.78 is 5.59. The average Bonchev–Trinajstić information content (AvgIpc) is 3.53. The van der Waals surface area contributed by atoms with Crippen molar-refractivity contribution in [2.45, 2.75) is 43.4 Å². The molecule has 6 nitrogen and oxygen atoms in total. The van der Waals surface area contributed by atoms with E-state index in [1.54, 1.807) is 0 Å². The molecule has 0 bridgehead atoms. The quantitative estimate of drug-likeness (QED) is 0.387. The van der Waals surface area contributed by atoms with Gasteiger partial charge in [0.15, 0.2) is 6.61 Å². The zero-order valence-corrected chi connectivity index (χ0v) is 22.5. The number of hydrogen-bond acceptors (Lipinski definition) is 4. The van der Waals surface area contributed by atoms with Crippen molar-refractivity contribution < 1.29 is 19.4 Å². The van der Waals surface area contributed by atoms with Gasteiger partial charge in [0.2, 0.25) is 5.91 Å². The largest absolute Gasteiger partial charge is 0.482 e. The van der Waals surface area contributed by atoms with Crippen LogP contribution >= 0.6 is 0 Å². The number of nitrogens with zero attached hydrogens (tertiary/aromatic N) is 2. The van der Waals surface area contributed by atoms with Crippen molar-refractivity contribution in [2.24, 2.45) is 0 Å². The third kappa shape index (κ3) is 6.01. The first-order valence-corrected chi connectivity index (χ1v) is 14.1. The van der Waals surface area contributed by atoms with Gasteiger partial charge in [-0.25, -0.2) is 4.79 Å². The molecule has 2 saturated heterocycles. The van der Waals surface area contributed by atoms with E-state index >= 15 is 0 Å². The Morgan fingerprint density at radius 2 is 1.36 bits per heavy atom. The molecule has 204 valence electrons. The number of carboxylic acids is 1. The van der Waals surface area contributed by atoms with Crippen LogP contribution in [0.3, 0.4) is 0 Å². The molecule has 3 aromatic carbocycles. The van der Waals surface area contributed by atoms with Crippen LogP contribution in [0.15, 0.2) is 84.9 Å². The maximum atomic E-state index is 14.4. The molecule has 39 heavy (non-hydrogen) atoms. The van der Waals surface area contributed by atoms with Crippen LogP contribution in [0.2, 0.25) is 0 Å². The van der Waals surface area contributed by atoms with Gasteiger partial charge in [0, 0.05) is 13.1 Å². The van der Waals surface area contributed by atoms with E-state index in [-0.39, 0.29) is 12.5 Å². The summed E-state index contributed by atoms with van der Waals surface area (Å²) in [6, 6.07) is 28.5. The summed E-state index contributed by atoms with van der Waals surface area (Å²) in [5.74, 6) is 0.243. The van der Waals surface area contributed by atoms with E-state index in [0.717, 1.165) is 81.5 Å². The highest BCUT2D eigenvalue weighted by Gasteiger charge is 2.45. The molecule has 0 spiro atoms. The van der Waals surface area contributed by atoms with Crippen molar-refractivity contribution >= 4 is 11.9 Å². The number of amides is 1. The van der Waals surface area contributed by atoms with Crippen LogP contribution in [0.5, 0.6) is 5.75 Å². The van der Waals surface area contributed by atoms with Gasteiger partial charge in [0.25, 0.3) is 0 Å². The first-order chi connectivity index (χ1) is 19.1. The van der Waals surface area contributed by atoms with E-state index in [1.165, 1.54) is 0 Å². The number of aliphatic carboxylic acids is 1. The van der Waals surface area contributed by atoms with Crippen molar-refractivity contribution in [1.82, 2.24) is 9.80 Å². The number of benzene rings is 3. The first-order valence-electron chi connectivity index (χ1n) is 14.1. The molecule has 2 aliphatic heterocycles. The fraction of sp³-hybridized carbons (Fsp3) is 0.394. The Morgan fingerprint density at radius 3 is 1.95 bits per heavy atom. The molecule has 1 N–H and O–H groups in total. The van der Waals surface area contributed by atoms with E-state index in [1.807, 2.05) is 54.6 Å². The summed E-state index contributed by atoms with van der Waals surface area (Å²) in [5.41, 5.74) is 2.49. The normalized spacial score (nSPS) is 16.8. The lowest BCUT2D eigenvalue weighted by Gasteiger charge is -2.40. The molecular weight excluding hydrogens is 488 g/mol. The highest BCUT2D eigenvalue weighted by molar-refractivity contribution is 5.92. The maximum absolute atomic E-state index is 14.4. The molecule has 0 atom stereocenters. The Hall–Kier alpha value is -3.64. The van der Waals surface area contributed by atoms with Crippen LogP contribution in [0.4, 0.5) is 0 Å². The van der Waals surface area contributed by atoms with Gasteiger partial charge in [-0.3, -0.25) is 4.79 Å². The lowest BCUT2D eigenvalue weighted by atomic mass is 9.70. The van der Waals surface area contributed by atoms with Gasteiger partial charge >= 0.3 is 5.97 Å². The van der Waals surface area contributed by atoms with Gasteiger partial charge in [-0.15, -0.1) is 0 Å².